The van der Waals surface area contributed by atoms with Crippen molar-refractivity contribution in [2.24, 2.45) is 11.7 Å². The molecule has 0 aliphatic heterocycles. The van der Waals surface area contributed by atoms with Gasteiger partial charge in [-0.05, 0) is 17.5 Å². The summed E-state index contributed by atoms with van der Waals surface area (Å²) >= 11 is 0. The zero-order chi connectivity index (χ0) is 13.7. The van der Waals surface area contributed by atoms with Crippen LogP contribution >= 0.6 is 0 Å². The molecule has 0 aromatic heterocycles. The molecule has 2 nitrogen and oxygen atoms in total. The zero-order valence-corrected chi connectivity index (χ0v) is 11.2. The Morgan fingerprint density at radius 2 is 1.37 bits per heavy atom. The maximum absolute atomic E-state index is 10.5. The van der Waals surface area contributed by atoms with E-state index in [0.717, 1.165) is 17.5 Å². The minimum absolute atomic E-state index is 0.0183. The van der Waals surface area contributed by atoms with E-state index in [-0.39, 0.29) is 12.0 Å². The van der Waals surface area contributed by atoms with Crippen LogP contribution < -0.4 is 5.73 Å². The van der Waals surface area contributed by atoms with E-state index >= 15 is 0 Å². The third kappa shape index (κ3) is 3.22. The van der Waals surface area contributed by atoms with E-state index < -0.39 is 6.10 Å². The summed E-state index contributed by atoms with van der Waals surface area (Å²) in [4.78, 5) is 0. The number of rotatable bonds is 5. The van der Waals surface area contributed by atoms with Crippen LogP contribution in [0.25, 0.3) is 0 Å². The highest BCUT2D eigenvalue weighted by Gasteiger charge is 2.26. The molecule has 0 bridgehead atoms. The average molecular weight is 255 g/mol. The first kappa shape index (κ1) is 13.8. The van der Waals surface area contributed by atoms with Crippen LogP contribution in [-0.4, -0.2) is 5.11 Å². The van der Waals surface area contributed by atoms with Crippen molar-refractivity contribution in [1.29, 1.82) is 0 Å². The number of hydrogen-bond donors (Lipinski definition) is 2. The fourth-order valence-corrected chi connectivity index (χ4v) is 2.49. The third-order valence-corrected chi connectivity index (χ3v) is 3.66. The molecule has 3 N–H and O–H groups in total. The lowest BCUT2D eigenvalue weighted by Crippen LogP contribution is -2.26. The van der Waals surface area contributed by atoms with Gasteiger partial charge in [-0.15, -0.1) is 0 Å². The van der Waals surface area contributed by atoms with E-state index in [1.807, 2.05) is 60.7 Å². The SMILES string of the molecule is CC[C@@H]([C@@H](N)c1ccccc1)[C@@H](O)c1ccccc1. The van der Waals surface area contributed by atoms with E-state index in [2.05, 4.69) is 6.92 Å². The van der Waals surface area contributed by atoms with Gasteiger partial charge in [0, 0.05) is 12.0 Å². The van der Waals surface area contributed by atoms with Crippen LogP contribution in [0.5, 0.6) is 0 Å². The van der Waals surface area contributed by atoms with Gasteiger partial charge in [-0.1, -0.05) is 67.6 Å². The Morgan fingerprint density at radius 1 is 0.895 bits per heavy atom. The molecular weight excluding hydrogens is 234 g/mol. The van der Waals surface area contributed by atoms with Crippen molar-refractivity contribution >= 4 is 0 Å². The van der Waals surface area contributed by atoms with Crippen molar-refractivity contribution in [1.82, 2.24) is 0 Å². The quantitative estimate of drug-likeness (QED) is 0.859. The zero-order valence-electron chi connectivity index (χ0n) is 11.2. The standard InChI is InChI=1S/C17H21NO/c1-2-15(16(18)13-9-5-3-6-10-13)17(19)14-11-7-4-8-12-14/h3-12,15-17,19H,2,18H2,1H3/t15-,16-,17-/m0/s1. The summed E-state index contributed by atoms with van der Waals surface area (Å²) in [7, 11) is 0. The van der Waals surface area contributed by atoms with E-state index in [1.54, 1.807) is 0 Å². The molecule has 2 aromatic rings. The molecule has 2 aromatic carbocycles. The summed E-state index contributed by atoms with van der Waals surface area (Å²) in [5, 5.41) is 10.5. The molecule has 19 heavy (non-hydrogen) atoms. The molecule has 0 radical (unpaired) electrons. The summed E-state index contributed by atoms with van der Waals surface area (Å²) in [5.74, 6) is 0.0183. The van der Waals surface area contributed by atoms with Gasteiger partial charge >= 0.3 is 0 Å². The molecule has 0 heterocycles. The van der Waals surface area contributed by atoms with Crippen molar-refractivity contribution in [2.45, 2.75) is 25.5 Å². The number of nitrogens with two attached hydrogens (primary N) is 1. The van der Waals surface area contributed by atoms with Gasteiger partial charge in [-0.25, -0.2) is 0 Å². The topological polar surface area (TPSA) is 46.2 Å². The molecule has 0 fully saturated rings. The van der Waals surface area contributed by atoms with Gasteiger partial charge < -0.3 is 10.8 Å². The Morgan fingerprint density at radius 3 is 1.84 bits per heavy atom. The van der Waals surface area contributed by atoms with E-state index in [9.17, 15) is 5.11 Å². The van der Waals surface area contributed by atoms with Crippen molar-refractivity contribution in [3.63, 3.8) is 0 Å². The minimum Gasteiger partial charge on any atom is -0.388 e. The number of benzene rings is 2. The molecule has 2 rings (SSSR count). The minimum atomic E-state index is -0.526. The van der Waals surface area contributed by atoms with Gasteiger partial charge in [0.25, 0.3) is 0 Å². The maximum atomic E-state index is 10.5. The first-order chi connectivity index (χ1) is 9.24. The summed E-state index contributed by atoms with van der Waals surface area (Å²) < 4.78 is 0. The first-order valence-corrected chi connectivity index (χ1v) is 6.77. The van der Waals surface area contributed by atoms with Gasteiger partial charge in [-0.3, -0.25) is 0 Å². The lowest BCUT2D eigenvalue weighted by atomic mass is 9.84. The smallest absolute Gasteiger partial charge is 0.0836 e. The first-order valence-electron chi connectivity index (χ1n) is 6.77. The van der Waals surface area contributed by atoms with E-state index in [0.29, 0.717) is 0 Å². The van der Waals surface area contributed by atoms with Crippen LogP contribution in [0.3, 0.4) is 0 Å². The average Bonchev–Trinajstić information content (AvgIpc) is 2.49. The third-order valence-electron chi connectivity index (χ3n) is 3.66. The van der Waals surface area contributed by atoms with Crippen molar-refractivity contribution in [2.75, 3.05) is 0 Å². The van der Waals surface area contributed by atoms with Crippen molar-refractivity contribution in [3.05, 3.63) is 71.8 Å². The molecular formula is C17H21NO. The lowest BCUT2D eigenvalue weighted by Gasteiger charge is -2.28. The van der Waals surface area contributed by atoms with E-state index in [4.69, 9.17) is 5.73 Å². The van der Waals surface area contributed by atoms with Gasteiger partial charge in [0.15, 0.2) is 0 Å². The summed E-state index contributed by atoms with van der Waals surface area (Å²) in [6.45, 7) is 2.07. The van der Waals surface area contributed by atoms with Gasteiger partial charge in [0.1, 0.15) is 0 Å². The highest BCUT2D eigenvalue weighted by molar-refractivity contribution is 5.23. The molecule has 0 saturated carbocycles. The molecule has 0 aliphatic rings. The van der Waals surface area contributed by atoms with Crippen LogP contribution in [0.1, 0.15) is 36.6 Å². The Labute approximate surface area is 114 Å². The molecule has 100 valence electrons. The molecule has 0 aliphatic carbocycles. The second kappa shape index (κ2) is 6.50. The Hall–Kier alpha value is -1.64. The lowest BCUT2D eigenvalue weighted by molar-refractivity contribution is 0.0898. The van der Waals surface area contributed by atoms with Crippen LogP contribution in [0.4, 0.5) is 0 Å². The normalized spacial score (nSPS) is 15.7. The highest BCUT2D eigenvalue weighted by atomic mass is 16.3. The molecule has 3 atom stereocenters. The monoisotopic (exact) mass is 255 g/mol. The van der Waals surface area contributed by atoms with Crippen LogP contribution in [0.2, 0.25) is 0 Å². The largest absolute Gasteiger partial charge is 0.388 e. The number of hydrogen-bond acceptors (Lipinski definition) is 2. The van der Waals surface area contributed by atoms with Gasteiger partial charge in [0.2, 0.25) is 0 Å². The van der Waals surface area contributed by atoms with Crippen molar-refractivity contribution < 1.29 is 5.11 Å². The summed E-state index contributed by atoms with van der Waals surface area (Å²) in [5.41, 5.74) is 8.33. The predicted molar refractivity (Wildman–Crippen MR) is 78.6 cm³/mol. The van der Waals surface area contributed by atoms with Gasteiger partial charge in [0.05, 0.1) is 6.10 Å². The number of aliphatic hydroxyl groups is 1. The molecule has 0 amide bonds. The molecule has 0 spiro atoms. The fourth-order valence-electron chi connectivity index (χ4n) is 2.49. The van der Waals surface area contributed by atoms with Crippen molar-refractivity contribution in [3.8, 4) is 0 Å². The Bertz CT molecular complexity index is 438. The Balaban J connectivity index is 2.20. The van der Waals surface area contributed by atoms with Crippen LogP contribution in [0.15, 0.2) is 60.7 Å². The van der Waals surface area contributed by atoms with Crippen LogP contribution in [0, 0.1) is 5.92 Å². The number of aliphatic hydroxyl groups excluding tert-OH is 1. The highest BCUT2D eigenvalue weighted by Crippen LogP contribution is 2.33. The summed E-state index contributed by atoms with van der Waals surface area (Å²) in [6, 6.07) is 19.6. The molecule has 0 saturated heterocycles. The predicted octanol–water partition coefficient (Wildman–Crippen LogP) is 3.45. The van der Waals surface area contributed by atoms with E-state index in [1.165, 1.54) is 0 Å². The molecule has 2 heteroatoms. The second-order valence-electron chi connectivity index (χ2n) is 4.86. The summed E-state index contributed by atoms with van der Waals surface area (Å²) in [6.07, 6.45) is 0.313. The second-order valence-corrected chi connectivity index (χ2v) is 4.86. The Kier molecular flexibility index (Phi) is 4.72. The van der Waals surface area contributed by atoms with Crippen LogP contribution in [-0.2, 0) is 0 Å². The fraction of sp³-hybridized carbons (Fsp3) is 0.294. The maximum Gasteiger partial charge on any atom is 0.0836 e. The molecule has 0 unspecified atom stereocenters. The van der Waals surface area contributed by atoms with Gasteiger partial charge in [-0.2, -0.15) is 0 Å².